The smallest absolute Gasteiger partial charge is 0.261 e. The van der Waals surface area contributed by atoms with E-state index in [-0.39, 0.29) is 22.7 Å². The highest BCUT2D eigenvalue weighted by molar-refractivity contribution is 5.93. The molecule has 1 aromatic carbocycles. The molecule has 0 aliphatic carbocycles. The Hall–Kier alpha value is -2.23. The van der Waals surface area contributed by atoms with Gasteiger partial charge in [0.25, 0.3) is 5.56 Å². The number of carbonyl (C=O) groups excluding carboxylic acids is 1. The van der Waals surface area contributed by atoms with Gasteiger partial charge in [0.1, 0.15) is 5.82 Å². The molecule has 0 aliphatic heterocycles. The van der Waals surface area contributed by atoms with E-state index in [2.05, 4.69) is 0 Å². The van der Waals surface area contributed by atoms with Crippen LogP contribution in [0, 0.1) is 5.82 Å². The number of rotatable bonds is 5. The summed E-state index contributed by atoms with van der Waals surface area (Å²) in [5, 5.41) is 0. The lowest BCUT2D eigenvalue weighted by Gasteiger charge is -2.14. The third-order valence-electron chi connectivity index (χ3n) is 3.43. The number of hydrogen-bond acceptors (Lipinski definition) is 2. The molecule has 0 N–H and O–H groups in total. The molecule has 1 heterocycles. The third kappa shape index (κ3) is 3.27. The molecule has 0 bridgehead atoms. The van der Waals surface area contributed by atoms with Crippen molar-refractivity contribution in [1.29, 1.82) is 0 Å². The van der Waals surface area contributed by atoms with Crippen LogP contribution in [0.25, 0.3) is 11.3 Å². The Balaban J connectivity index is 2.59. The van der Waals surface area contributed by atoms with Gasteiger partial charge in [-0.1, -0.05) is 13.3 Å². The fourth-order valence-electron chi connectivity index (χ4n) is 2.26. The Bertz CT molecular complexity index is 702. The van der Waals surface area contributed by atoms with Gasteiger partial charge in [0.15, 0.2) is 5.78 Å². The highest BCUT2D eigenvalue weighted by Crippen LogP contribution is 2.19. The summed E-state index contributed by atoms with van der Waals surface area (Å²) in [7, 11) is 0. The summed E-state index contributed by atoms with van der Waals surface area (Å²) in [5.74, 6) is -0.558. The number of ketones is 1. The second kappa shape index (κ2) is 6.48. The number of benzene rings is 1. The van der Waals surface area contributed by atoms with E-state index in [1.54, 1.807) is 28.8 Å². The fraction of sp³-hybridized carbons (Fsp3) is 0.294. The first-order valence-corrected chi connectivity index (χ1v) is 7.05. The second-order valence-corrected chi connectivity index (χ2v) is 5.01. The highest BCUT2D eigenvalue weighted by atomic mass is 19.1. The first kappa shape index (κ1) is 15.2. The van der Waals surface area contributed by atoms with Crippen LogP contribution in [-0.2, 0) is 6.54 Å². The molecule has 0 spiro atoms. The van der Waals surface area contributed by atoms with Gasteiger partial charge in [0.2, 0.25) is 0 Å². The van der Waals surface area contributed by atoms with E-state index in [9.17, 15) is 14.0 Å². The van der Waals surface area contributed by atoms with Crippen molar-refractivity contribution in [3.63, 3.8) is 0 Å². The standard InChI is InChI=1S/C17H18FNO2/c1-3-4-11-19-16(13-5-7-14(18)8-6-13)10-9-15(12(2)20)17(19)21/h5-10H,3-4,11H2,1-2H3. The van der Waals surface area contributed by atoms with E-state index in [4.69, 9.17) is 0 Å². The number of aromatic nitrogens is 1. The molecule has 2 rings (SSSR count). The fourth-order valence-corrected chi connectivity index (χ4v) is 2.26. The Kier molecular flexibility index (Phi) is 4.68. The molecular weight excluding hydrogens is 269 g/mol. The van der Waals surface area contributed by atoms with Crippen LogP contribution >= 0.6 is 0 Å². The molecule has 0 saturated carbocycles. The van der Waals surface area contributed by atoms with E-state index in [0.29, 0.717) is 12.2 Å². The van der Waals surface area contributed by atoms with Crippen LogP contribution in [0.1, 0.15) is 37.0 Å². The molecule has 21 heavy (non-hydrogen) atoms. The van der Waals surface area contributed by atoms with Crippen molar-refractivity contribution >= 4 is 5.78 Å². The molecule has 3 nitrogen and oxygen atoms in total. The summed E-state index contributed by atoms with van der Waals surface area (Å²) < 4.78 is 14.6. The SMILES string of the molecule is CCCCn1c(-c2ccc(F)cc2)ccc(C(C)=O)c1=O. The molecule has 0 atom stereocenters. The van der Waals surface area contributed by atoms with E-state index in [0.717, 1.165) is 18.4 Å². The van der Waals surface area contributed by atoms with Crippen molar-refractivity contribution in [2.24, 2.45) is 0 Å². The number of unbranched alkanes of at least 4 members (excludes halogenated alkanes) is 1. The molecule has 0 amide bonds. The topological polar surface area (TPSA) is 39.1 Å². The van der Waals surface area contributed by atoms with Gasteiger partial charge in [-0.15, -0.1) is 0 Å². The molecule has 0 aliphatic rings. The van der Waals surface area contributed by atoms with Crippen molar-refractivity contribution < 1.29 is 9.18 Å². The molecular formula is C17H18FNO2. The van der Waals surface area contributed by atoms with Gasteiger partial charge in [-0.25, -0.2) is 4.39 Å². The maximum atomic E-state index is 13.0. The van der Waals surface area contributed by atoms with Crippen molar-refractivity contribution in [3.8, 4) is 11.3 Å². The minimum absolute atomic E-state index is 0.192. The maximum Gasteiger partial charge on any atom is 0.261 e. The number of pyridine rings is 1. The van der Waals surface area contributed by atoms with E-state index in [1.807, 2.05) is 6.92 Å². The minimum atomic E-state index is -0.318. The molecule has 1 aromatic heterocycles. The second-order valence-electron chi connectivity index (χ2n) is 5.01. The molecule has 2 aromatic rings. The van der Waals surface area contributed by atoms with Crippen LogP contribution in [0.15, 0.2) is 41.2 Å². The monoisotopic (exact) mass is 287 g/mol. The number of Topliss-reactive ketones (excluding diaryl/α,β-unsaturated/α-hetero) is 1. The van der Waals surface area contributed by atoms with Crippen LogP contribution in [0.4, 0.5) is 4.39 Å². The average molecular weight is 287 g/mol. The molecule has 0 fully saturated rings. The summed E-state index contributed by atoms with van der Waals surface area (Å²) >= 11 is 0. The summed E-state index contributed by atoms with van der Waals surface area (Å²) in [6.45, 7) is 3.97. The number of nitrogens with zero attached hydrogens (tertiary/aromatic N) is 1. The van der Waals surface area contributed by atoms with E-state index in [1.165, 1.54) is 19.1 Å². The predicted octanol–water partition coefficient (Wildman–Crippen LogP) is 3.66. The Morgan fingerprint density at radius 3 is 2.38 bits per heavy atom. The molecule has 4 heteroatoms. The molecule has 0 radical (unpaired) electrons. The van der Waals surface area contributed by atoms with Crippen molar-refractivity contribution in [2.75, 3.05) is 0 Å². The van der Waals surface area contributed by atoms with Gasteiger partial charge in [0, 0.05) is 6.54 Å². The average Bonchev–Trinajstić information content (AvgIpc) is 2.46. The van der Waals surface area contributed by atoms with Gasteiger partial charge in [-0.3, -0.25) is 9.59 Å². The van der Waals surface area contributed by atoms with Crippen LogP contribution in [0.3, 0.4) is 0 Å². The summed E-state index contributed by atoms with van der Waals surface area (Å²) in [6, 6.07) is 9.30. The lowest BCUT2D eigenvalue weighted by Crippen LogP contribution is -2.26. The summed E-state index contributed by atoms with van der Waals surface area (Å²) in [5.41, 5.74) is 1.38. The van der Waals surface area contributed by atoms with Crippen molar-refractivity contribution in [3.05, 3.63) is 58.1 Å². The van der Waals surface area contributed by atoms with Crippen molar-refractivity contribution in [1.82, 2.24) is 4.57 Å². The van der Waals surface area contributed by atoms with Crippen LogP contribution in [0.2, 0.25) is 0 Å². The molecule has 0 saturated heterocycles. The summed E-state index contributed by atoms with van der Waals surface area (Å²) in [6.07, 6.45) is 1.79. The van der Waals surface area contributed by atoms with Gasteiger partial charge >= 0.3 is 0 Å². The van der Waals surface area contributed by atoms with E-state index >= 15 is 0 Å². The van der Waals surface area contributed by atoms with Crippen molar-refractivity contribution in [2.45, 2.75) is 33.2 Å². The molecule has 110 valence electrons. The first-order chi connectivity index (χ1) is 10.0. The van der Waals surface area contributed by atoms with Gasteiger partial charge in [0.05, 0.1) is 11.3 Å². The van der Waals surface area contributed by atoms with Crippen LogP contribution in [-0.4, -0.2) is 10.4 Å². The lowest BCUT2D eigenvalue weighted by molar-refractivity contribution is 0.101. The zero-order chi connectivity index (χ0) is 15.4. The summed E-state index contributed by atoms with van der Waals surface area (Å²) in [4.78, 5) is 24.0. The van der Waals surface area contributed by atoms with E-state index < -0.39 is 0 Å². The number of carbonyl (C=O) groups is 1. The van der Waals surface area contributed by atoms with Gasteiger partial charge < -0.3 is 4.57 Å². The van der Waals surface area contributed by atoms with Gasteiger partial charge in [-0.05, 0) is 55.3 Å². The predicted molar refractivity (Wildman–Crippen MR) is 81.0 cm³/mol. The number of hydrogen-bond donors (Lipinski definition) is 0. The van der Waals surface area contributed by atoms with Crippen LogP contribution in [0.5, 0.6) is 0 Å². The molecule has 0 unspecified atom stereocenters. The third-order valence-corrected chi connectivity index (χ3v) is 3.43. The Labute approximate surface area is 123 Å². The number of halogens is 1. The zero-order valence-electron chi connectivity index (χ0n) is 12.2. The Morgan fingerprint density at radius 1 is 1.14 bits per heavy atom. The normalized spacial score (nSPS) is 10.6. The zero-order valence-corrected chi connectivity index (χ0v) is 12.2. The van der Waals surface area contributed by atoms with Gasteiger partial charge in [-0.2, -0.15) is 0 Å². The minimum Gasteiger partial charge on any atom is -0.308 e. The Morgan fingerprint density at radius 2 is 1.81 bits per heavy atom. The quantitative estimate of drug-likeness (QED) is 0.787. The lowest BCUT2D eigenvalue weighted by atomic mass is 10.1. The first-order valence-electron chi connectivity index (χ1n) is 7.05. The largest absolute Gasteiger partial charge is 0.308 e. The maximum absolute atomic E-state index is 13.0. The van der Waals surface area contributed by atoms with Crippen LogP contribution < -0.4 is 5.56 Å². The highest BCUT2D eigenvalue weighted by Gasteiger charge is 2.13.